The highest BCUT2D eigenvalue weighted by molar-refractivity contribution is 5.19. The highest BCUT2D eigenvalue weighted by Gasteiger charge is 2.20. The van der Waals surface area contributed by atoms with Gasteiger partial charge in [-0.25, -0.2) is 0 Å². The number of piperidine rings is 1. The van der Waals surface area contributed by atoms with Gasteiger partial charge in [0.15, 0.2) is 0 Å². The third kappa shape index (κ3) is 3.34. The molecule has 2 rings (SSSR count). The molecule has 0 saturated carbocycles. The second-order valence-corrected chi connectivity index (χ2v) is 5.20. The van der Waals surface area contributed by atoms with Gasteiger partial charge in [0.2, 0.25) is 0 Å². The minimum Gasteiger partial charge on any atom is -0.463 e. The zero-order valence-corrected chi connectivity index (χ0v) is 11.4. The van der Waals surface area contributed by atoms with Crippen LogP contribution in [0.4, 0.5) is 0 Å². The van der Waals surface area contributed by atoms with Crippen LogP contribution in [0.25, 0.3) is 0 Å². The molecule has 0 amide bonds. The van der Waals surface area contributed by atoms with Crippen molar-refractivity contribution < 1.29 is 9.15 Å². The lowest BCUT2D eigenvalue weighted by atomic mass is 9.98. The summed E-state index contributed by atoms with van der Waals surface area (Å²) in [6.07, 6.45) is 2.44. The summed E-state index contributed by atoms with van der Waals surface area (Å²) in [5, 5.41) is 0. The summed E-state index contributed by atoms with van der Waals surface area (Å²) in [6.45, 7) is 6.60. The van der Waals surface area contributed by atoms with Crippen molar-refractivity contribution in [3.63, 3.8) is 0 Å². The van der Waals surface area contributed by atoms with Gasteiger partial charge in [-0.15, -0.1) is 0 Å². The predicted octanol–water partition coefficient (Wildman–Crippen LogP) is 1.91. The van der Waals surface area contributed by atoms with E-state index in [-0.39, 0.29) is 0 Å². The fourth-order valence-corrected chi connectivity index (χ4v) is 2.64. The standard InChI is InChI=1S/C14H24N2O2/c1-11-7-13(18-14(11)8-15)9-16-5-3-12(4-6-16)10-17-2/h7,12H,3-6,8-10,15H2,1-2H3. The average Bonchev–Trinajstić information content (AvgIpc) is 2.72. The Hall–Kier alpha value is -0.840. The van der Waals surface area contributed by atoms with Gasteiger partial charge < -0.3 is 14.9 Å². The van der Waals surface area contributed by atoms with Gasteiger partial charge in [0.1, 0.15) is 11.5 Å². The summed E-state index contributed by atoms with van der Waals surface area (Å²) in [5.41, 5.74) is 6.80. The number of hydrogen-bond donors (Lipinski definition) is 1. The average molecular weight is 252 g/mol. The van der Waals surface area contributed by atoms with E-state index in [2.05, 4.69) is 17.9 Å². The van der Waals surface area contributed by atoms with Gasteiger partial charge in [0, 0.05) is 13.7 Å². The topological polar surface area (TPSA) is 51.6 Å². The highest BCUT2D eigenvalue weighted by atomic mass is 16.5. The van der Waals surface area contributed by atoms with Crippen LogP contribution < -0.4 is 5.73 Å². The SMILES string of the molecule is COCC1CCN(Cc2cc(C)c(CN)o2)CC1. The molecule has 102 valence electrons. The van der Waals surface area contributed by atoms with E-state index in [4.69, 9.17) is 14.9 Å². The molecule has 0 radical (unpaired) electrons. The van der Waals surface area contributed by atoms with Crippen molar-refractivity contribution >= 4 is 0 Å². The van der Waals surface area contributed by atoms with E-state index >= 15 is 0 Å². The van der Waals surface area contributed by atoms with Crippen molar-refractivity contribution in [2.24, 2.45) is 11.7 Å². The lowest BCUT2D eigenvalue weighted by Crippen LogP contribution is -2.34. The van der Waals surface area contributed by atoms with Crippen molar-refractivity contribution in [2.45, 2.75) is 32.9 Å². The van der Waals surface area contributed by atoms with Gasteiger partial charge in [-0.2, -0.15) is 0 Å². The number of furan rings is 1. The molecule has 1 aromatic heterocycles. The molecule has 0 unspecified atom stereocenters. The van der Waals surface area contributed by atoms with Crippen molar-refractivity contribution in [2.75, 3.05) is 26.8 Å². The summed E-state index contributed by atoms with van der Waals surface area (Å²) < 4.78 is 11.0. The fraction of sp³-hybridized carbons (Fsp3) is 0.714. The van der Waals surface area contributed by atoms with E-state index in [0.717, 1.165) is 43.7 Å². The second-order valence-electron chi connectivity index (χ2n) is 5.20. The summed E-state index contributed by atoms with van der Waals surface area (Å²) in [5.74, 6) is 2.68. The van der Waals surface area contributed by atoms with Crippen molar-refractivity contribution in [3.05, 3.63) is 23.2 Å². The largest absolute Gasteiger partial charge is 0.463 e. The Morgan fingerprint density at radius 3 is 2.72 bits per heavy atom. The Labute approximate surface area is 109 Å². The second kappa shape index (κ2) is 6.36. The third-order valence-corrected chi connectivity index (χ3v) is 3.75. The molecular weight excluding hydrogens is 228 g/mol. The predicted molar refractivity (Wildman–Crippen MR) is 71.2 cm³/mol. The van der Waals surface area contributed by atoms with Crippen LogP contribution in [0, 0.1) is 12.8 Å². The molecule has 1 fully saturated rings. The molecule has 0 atom stereocenters. The maximum atomic E-state index is 5.75. The van der Waals surface area contributed by atoms with E-state index in [1.807, 2.05) is 0 Å². The quantitative estimate of drug-likeness (QED) is 0.869. The van der Waals surface area contributed by atoms with Crippen LogP contribution >= 0.6 is 0 Å². The first-order valence-corrected chi connectivity index (χ1v) is 6.72. The number of aryl methyl sites for hydroxylation is 1. The number of methoxy groups -OCH3 is 1. The molecule has 2 heterocycles. The minimum absolute atomic E-state index is 0.488. The molecule has 1 aliphatic heterocycles. The maximum Gasteiger partial charge on any atom is 0.120 e. The smallest absolute Gasteiger partial charge is 0.120 e. The van der Waals surface area contributed by atoms with E-state index in [0.29, 0.717) is 6.54 Å². The molecule has 1 aromatic rings. The molecule has 0 bridgehead atoms. The number of likely N-dealkylation sites (tertiary alicyclic amines) is 1. The molecule has 1 saturated heterocycles. The Balaban J connectivity index is 1.83. The first-order chi connectivity index (χ1) is 8.72. The van der Waals surface area contributed by atoms with Gasteiger partial charge in [-0.05, 0) is 50.4 Å². The Morgan fingerprint density at radius 2 is 2.17 bits per heavy atom. The zero-order valence-electron chi connectivity index (χ0n) is 11.4. The van der Waals surface area contributed by atoms with Crippen LogP contribution in [0.3, 0.4) is 0 Å². The van der Waals surface area contributed by atoms with E-state index in [1.54, 1.807) is 7.11 Å². The minimum atomic E-state index is 0.488. The Bertz CT molecular complexity index is 368. The molecule has 1 aliphatic rings. The molecule has 4 heteroatoms. The van der Waals surface area contributed by atoms with Crippen LogP contribution in [-0.4, -0.2) is 31.7 Å². The number of nitrogens with zero attached hydrogens (tertiary/aromatic N) is 1. The summed E-state index contributed by atoms with van der Waals surface area (Å²) in [6, 6.07) is 2.11. The van der Waals surface area contributed by atoms with Crippen LogP contribution in [0.1, 0.15) is 29.9 Å². The first kappa shape index (κ1) is 13.6. The van der Waals surface area contributed by atoms with Crippen LogP contribution in [0.15, 0.2) is 10.5 Å². The summed E-state index contributed by atoms with van der Waals surface area (Å²) in [4.78, 5) is 2.45. The van der Waals surface area contributed by atoms with E-state index < -0.39 is 0 Å². The number of ether oxygens (including phenoxy) is 1. The van der Waals surface area contributed by atoms with Gasteiger partial charge in [-0.3, -0.25) is 4.90 Å². The molecule has 4 nitrogen and oxygen atoms in total. The molecule has 2 N–H and O–H groups in total. The van der Waals surface area contributed by atoms with Crippen molar-refractivity contribution in [1.82, 2.24) is 4.90 Å². The lowest BCUT2D eigenvalue weighted by molar-refractivity contribution is 0.0937. The van der Waals surface area contributed by atoms with Gasteiger partial charge in [-0.1, -0.05) is 0 Å². The van der Waals surface area contributed by atoms with Gasteiger partial charge in [0.05, 0.1) is 13.1 Å². The van der Waals surface area contributed by atoms with Gasteiger partial charge >= 0.3 is 0 Å². The Morgan fingerprint density at radius 1 is 1.44 bits per heavy atom. The first-order valence-electron chi connectivity index (χ1n) is 6.72. The van der Waals surface area contributed by atoms with Gasteiger partial charge in [0.25, 0.3) is 0 Å². The molecule has 0 aliphatic carbocycles. The molecular formula is C14H24N2O2. The Kier molecular flexibility index (Phi) is 4.80. The van der Waals surface area contributed by atoms with E-state index in [9.17, 15) is 0 Å². The van der Waals surface area contributed by atoms with Crippen molar-refractivity contribution in [3.8, 4) is 0 Å². The van der Waals surface area contributed by atoms with Crippen LogP contribution in [0.2, 0.25) is 0 Å². The zero-order chi connectivity index (χ0) is 13.0. The highest BCUT2D eigenvalue weighted by Crippen LogP contribution is 2.21. The lowest BCUT2D eigenvalue weighted by Gasteiger charge is -2.30. The van der Waals surface area contributed by atoms with Crippen LogP contribution in [-0.2, 0) is 17.8 Å². The summed E-state index contributed by atoms with van der Waals surface area (Å²) >= 11 is 0. The number of hydrogen-bond acceptors (Lipinski definition) is 4. The molecule has 18 heavy (non-hydrogen) atoms. The monoisotopic (exact) mass is 252 g/mol. The normalized spacial score (nSPS) is 18.4. The number of nitrogens with two attached hydrogens (primary N) is 1. The molecule has 0 aromatic carbocycles. The fourth-order valence-electron chi connectivity index (χ4n) is 2.64. The third-order valence-electron chi connectivity index (χ3n) is 3.75. The summed E-state index contributed by atoms with van der Waals surface area (Å²) in [7, 11) is 1.78. The molecule has 0 spiro atoms. The van der Waals surface area contributed by atoms with Crippen molar-refractivity contribution in [1.29, 1.82) is 0 Å². The number of rotatable bonds is 5. The maximum absolute atomic E-state index is 5.75. The van der Waals surface area contributed by atoms with Crippen LogP contribution in [0.5, 0.6) is 0 Å². The van der Waals surface area contributed by atoms with E-state index in [1.165, 1.54) is 18.4 Å².